The molecule has 1 aliphatic heterocycles. The molecular formula is C17H18N4O2S. The number of amides is 2. The molecule has 24 heavy (non-hydrogen) atoms. The number of hydrogen-bond donors (Lipinski definition) is 1. The summed E-state index contributed by atoms with van der Waals surface area (Å²) in [7, 11) is 0. The Hall–Kier alpha value is -2.41. The van der Waals surface area contributed by atoms with E-state index in [0.29, 0.717) is 11.6 Å². The number of carbonyl (C=O) groups excluding carboxylic acids is 2. The third kappa shape index (κ3) is 3.41. The van der Waals surface area contributed by atoms with E-state index in [1.54, 1.807) is 16.7 Å². The maximum Gasteiger partial charge on any atom is 0.275 e. The summed E-state index contributed by atoms with van der Waals surface area (Å²) in [5, 5.41) is 2.93. The van der Waals surface area contributed by atoms with Crippen LogP contribution in [-0.4, -0.2) is 44.4 Å². The number of aryl methyl sites for hydroxylation is 2. The Morgan fingerprint density at radius 3 is 2.83 bits per heavy atom. The lowest BCUT2D eigenvalue weighted by Gasteiger charge is -2.23. The minimum Gasteiger partial charge on any atom is -0.324 e. The third-order valence-corrected chi connectivity index (χ3v) is 4.88. The number of hydrogen-bond acceptors (Lipinski definition) is 5. The Balaban J connectivity index is 1.75. The smallest absolute Gasteiger partial charge is 0.275 e. The van der Waals surface area contributed by atoms with E-state index < -0.39 is 6.04 Å². The molecule has 0 radical (unpaired) electrons. The Morgan fingerprint density at radius 2 is 2.12 bits per heavy atom. The minimum absolute atomic E-state index is 0.177. The Morgan fingerprint density at radius 1 is 1.29 bits per heavy atom. The Kier molecular flexibility index (Phi) is 4.80. The number of thioether (sulfide) groups is 1. The van der Waals surface area contributed by atoms with Crippen LogP contribution in [0, 0.1) is 13.8 Å². The molecule has 1 aromatic carbocycles. The van der Waals surface area contributed by atoms with Crippen molar-refractivity contribution in [2.45, 2.75) is 19.9 Å². The normalized spacial score (nSPS) is 16.9. The van der Waals surface area contributed by atoms with E-state index in [2.05, 4.69) is 15.3 Å². The van der Waals surface area contributed by atoms with E-state index in [4.69, 9.17) is 0 Å². The molecule has 1 fully saturated rings. The van der Waals surface area contributed by atoms with Crippen LogP contribution in [0.25, 0.3) is 0 Å². The average Bonchev–Trinajstić information content (AvgIpc) is 3.07. The fraction of sp³-hybridized carbons (Fsp3) is 0.294. The van der Waals surface area contributed by atoms with E-state index in [1.807, 2.05) is 32.0 Å². The van der Waals surface area contributed by atoms with Gasteiger partial charge < -0.3 is 10.2 Å². The van der Waals surface area contributed by atoms with Gasteiger partial charge in [-0.25, -0.2) is 4.98 Å². The molecule has 0 aliphatic carbocycles. The van der Waals surface area contributed by atoms with Crippen LogP contribution < -0.4 is 5.32 Å². The van der Waals surface area contributed by atoms with E-state index >= 15 is 0 Å². The second-order valence-electron chi connectivity index (χ2n) is 5.69. The van der Waals surface area contributed by atoms with Crippen LogP contribution in [0.2, 0.25) is 0 Å². The Bertz CT molecular complexity index is 766. The fourth-order valence-corrected chi connectivity index (χ4v) is 3.74. The van der Waals surface area contributed by atoms with Crippen molar-refractivity contribution in [3.8, 4) is 0 Å². The van der Waals surface area contributed by atoms with Crippen molar-refractivity contribution in [2.24, 2.45) is 0 Å². The van der Waals surface area contributed by atoms with Gasteiger partial charge in [-0.1, -0.05) is 17.7 Å². The fourth-order valence-electron chi connectivity index (χ4n) is 2.59. The quantitative estimate of drug-likeness (QED) is 0.926. The molecule has 7 heteroatoms. The SMILES string of the molecule is Cc1ccc(NC(=O)[C@@H]2CSCN2C(=O)c2cnccn2)c(C)c1. The highest BCUT2D eigenvalue weighted by Gasteiger charge is 2.35. The zero-order valence-corrected chi connectivity index (χ0v) is 14.3. The molecule has 124 valence electrons. The van der Waals surface area contributed by atoms with Gasteiger partial charge in [0.05, 0.1) is 12.1 Å². The van der Waals surface area contributed by atoms with Crippen molar-refractivity contribution in [3.05, 3.63) is 53.6 Å². The maximum absolute atomic E-state index is 12.6. The van der Waals surface area contributed by atoms with Gasteiger partial charge in [0.15, 0.2) is 0 Å². The molecular weight excluding hydrogens is 324 g/mol. The van der Waals surface area contributed by atoms with Gasteiger partial charge in [0.1, 0.15) is 11.7 Å². The molecule has 0 bridgehead atoms. The first kappa shape index (κ1) is 16.4. The van der Waals surface area contributed by atoms with Gasteiger partial charge in [-0.2, -0.15) is 0 Å². The van der Waals surface area contributed by atoms with Gasteiger partial charge in [-0.15, -0.1) is 11.8 Å². The van der Waals surface area contributed by atoms with Gasteiger partial charge in [0.25, 0.3) is 5.91 Å². The summed E-state index contributed by atoms with van der Waals surface area (Å²) < 4.78 is 0. The first-order valence-electron chi connectivity index (χ1n) is 7.59. The van der Waals surface area contributed by atoms with E-state index in [9.17, 15) is 9.59 Å². The topological polar surface area (TPSA) is 75.2 Å². The molecule has 6 nitrogen and oxygen atoms in total. The monoisotopic (exact) mass is 342 g/mol. The zero-order valence-electron chi connectivity index (χ0n) is 13.5. The van der Waals surface area contributed by atoms with Crippen LogP contribution in [0.1, 0.15) is 21.6 Å². The highest BCUT2D eigenvalue weighted by atomic mass is 32.2. The molecule has 0 spiro atoms. The van der Waals surface area contributed by atoms with Crippen molar-refractivity contribution < 1.29 is 9.59 Å². The number of anilines is 1. The predicted molar refractivity (Wildman–Crippen MR) is 93.9 cm³/mol. The van der Waals surface area contributed by atoms with Crippen molar-refractivity contribution in [1.82, 2.24) is 14.9 Å². The van der Waals surface area contributed by atoms with E-state index in [-0.39, 0.29) is 17.5 Å². The van der Waals surface area contributed by atoms with Crippen molar-refractivity contribution in [3.63, 3.8) is 0 Å². The molecule has 0 saturated carbocycles. The molecule has 1 aromatic heterocycles. The summed E-state index contributed by atoms with van der Waals surface area (Å²) in [6.07, 6.45) is 4.41. The number of aromatic nitrogens is 2. The molecule has 3 rings (SSSR count). The molecule has 0 unspecified atom stereocenters. The zero-order chi connectivity index (χ0) is 17.1. The first-order chi connectivity index (χ1) is 11.6. The summed E-state index contributed by atoms with van der Waals surface area (Å²) in [4.78, 5) is 34.7. The van der Waals surface area contributed by atoms with Gasteiger partial charge in [0, 0.05) is 23.8 Å². The highest BCUT2D eigenvalue weighted by molar-refractivity contribution is 7.99. The van der Waals surface area contributed by atoms with Crippen molar-refractivity contribution in [2.75, 3.05) is 16.9 Å². The molecule has 2 heterocycles. The highest BCUT2D eigenvalue weighted by Crippen LogP contribution is 2.24. The summed E-state index contributed by atoms with van der Waals surface area (Å²) in [6, 6.07) is 5.35. The molecule has 2 amide bonds. The second kappa shape index (κ2) is 7.00. The molecule has 1 aliphatic rings. The lowest BCUT2D eigenvalue weighted by Crippen LogP contribution is -2.44. The summed E-state index contributed by atoms with van der Waals surface area (Å²) >= 11 is 1.55. The molecule has 1 atom stereocenters. The van der Waals surface area contributed by atoms with Crippen molar-refractivity contribution >= 4 is 29.3 Å². The number of rotatable bonds is 3. The maximum atomic E-state index is 12.6. The van der Waals surface area contributed by atoms with Crippen LogP contribution >= 0.6 is 11.8 Å². The largest absolute Gasteiger partial charge is 0.324 e. The second-order valence-corrected chi connectivity index (χ2v) is 6.69. The lowest BCUT2D eigenvalue weighted by molar-refractivity contribution is -0.119. The van der Waals surface area contributed by atoms with E-state index in [0.717, 1.165) is 16.8 Å². The predicted octanol–water partition coefficient (Wildman–Crippen LogP) is 2.25. The first-order valence-corrected chi connectivity index (χ1v) is 8.74. The van der Waals surface area contributed by atoms with Crippen LogP contribution in [-0.2, 0) is 4.79 Å². The minimum atomic E-state index is -0.509. The van der Waals surface area contributed by atoms with Gasteiger partial charge in [-0.05, 0) is 25.5 Å². The van der Waals surface area contributed by atoms with Crippen molar-refractivity contribution in [1.29, 1.82) is 0 Å². The number of carbonyl (C=O) groups is 2. The molecule has 1 N–H and O–H groups in total. The van der Waals surface area contributed by atoms with Crippen LogP contribution in [0.5, 0.6) is 0 Å². The third-order valence-electron chi connectivity index (χ3n) is 3.87. The Labute approximate surface area is 144 Å². The summed E-state index contributed by atoms with van der Waals surface area (Å²) in [5.41, 5.74) is 3.17. The van der Waals surface area contributed by atoms with Gasteiger partial charge in [0.2, 0.25) is 5.91 Å². The lowest BCUT2D eigenvalue weighted by atomic mass is 10.1. The van der Waals surface area contributed by atoms with Crippen LogP contribution in [0.3, 0.4) is 0 Å². The summed E-state index contributed by atoms with van der Waals surface area (Å²) in [6.45, 7) is 3.96. The number of nitrogens with one attached hydrogen (secondary N) is 1. The standard InChI is InChI=1S/C17H18N4O2S/c1-11-3-4-13(12(2)7-11)20-16(22)15-9-24-10-21(15)17(23)14-8-18-5-6-19-14/h3-8,15H,9-10H2,1-2H3,(H,20,22)/t15-/m0/s1. The summed E-state index contributed by atoms with van der Waals surface area (Å²) in [5.74, 6) is 0.599. The van der Waals surface area contributed by atoms with Crippen LogP contribution in [0.4, 0.5) is 5.69 Å². The number of nitrogens with zero attached hydrogens (tertiary/aromatic N) is 3. The average molecular weight is 342 g/mol. The van der Waals surface area contributed by atoms with E-state index in [1.165, 1.54) is 18.6 Å². The number of benzene rings is 1. The molecule has 1 saturated heterocycles. The van der Waals surface area contributed by atoms with Gasteiger partial charge in [-0.3, -0.25) is 14.6 Å². The van der Waals surface area contributed by atoms with Gasteiger partial charge >= 0.3 is 0 Å². The van der Waals surface area contributed by atoms with Crippen LogP contribution in [0.15, 0.2) is 36.8 Å². The molecule has 2 aromatic rings.